The van der Waals surface area contributed by atoms with Crippen LogP contribution in [0.25, 0.3) is 16.7 Å². The van der Waals surface area contributed by atoms with Gasteiger partial charge in [-0.2, -0.15) is 0 Å². The molecule has 4 rings (SSSR count). The van der Waals surface area contributed by atoms with Gasteiger partial charge in [-0.3, -0.25) is 9.20 Å². The van der Waals surface area contributed by atoms with Crippen LogP contribution in [0.3, 0.4) is 0 Å². The Morgan fingerprint density at radius 1 is 1.07 bits per heavy atom. The summed E-state index contributed by atoms with van der Waals surface area (Å²) in [5, 5.41) is 0.204. The van der Waals surface area contributed by atoms with Gasteiger partial charge in [-0.25, -0.2) is 13.0 Å². The van der Waals surface area contributed by atoms with Crippen molar-refractivity contribution in [2.75, 3.05) is 5.73 Å². The van der Waals surface area contributed by atoms with E-state index in [1.807, 2.05) is 26.8 Å². The lowest BCUT2D eigenvalue weighted by Crippen LogP contribution is -2.40. The highest BCUT2D eigenvalue weighted by Gasteiger charge is 2.28. The van der Waals surface area contributed by atoms with Gasteiger partial charge >= 0.3 is 0 Å². The number of nitrogens with two attached hydrogens (primary N) is 1. The molecule has 0 saturated carbocycles. The number of pyridine rings is 2. The highest BCUT2D eigenvalue weighted by atomic mass is 32.2. The summed E-state index contributed by atoms with van der Waals surface area (Å²) < 4.78 is 29.6. The zero-order chi connectivity index (χ0) is 20.9. The maximum atomic E-state index is 13.3. The number of aromatic nitrogens is 3. The molecular weight excluding hydrogens is 388 g/mol. The number of nitrogens with zero attached hydrogens (tertiary/aromatic N) is 3. The number of aryl methyl sites for hydroxylation is 3. The number of benzene rings is 1. The summed E-state index contributed by atoms with van der Waals surface area (Å²) in [6.45, 7) is 5.95. The van der Waals surface area contributed by atoms with Crippen LogP contribution in [0.15, 0.2) is 63.2 Å². The fraction of sp³-hybridized carbons (Fsp3) is 0.190. The summed E-state index contributed by atoms with van der Waals surface area (Å²) in [7, 11) is -3.91. The lowest BCUT2D eigenvalue weighted by Gasteiger charge is -2.12. The highest BCUT2D eigenvalue weighted by molar-refractivity contribution is 7.91. The Labute approximate surface area is 168 Å². The van der Waals surface area contributed by atoms with Crippen LogP contribution >= 0.6 is 0 Å². The highest BCUT2D eigenvalue weighted by Crippen LogP contribution is 2.26. The Morgan fingerprint density at radius 2 is 1.72 bits per heavy atom. The second-order valence-electron chi connectivity index (χ2n) is 7.04. The molecule has 0 spiro atoms. The third kappa shape index (κ3) is 2.96. The minimum absolute atomic E-state index is 0.0592. The number of anilines is 1. The number of sulfone groups is 1. The predicted molar refractivity (Wildman–Crippen MR) is 111 cm³/mol. The molecule has 1 aromatic carbocycles. The maximum Gasteiger partial charge on any atom is 0.278 e. The normalized spacial score (nSPS) is 12.0. The molecule has 0 fully saturated rings. The van der Waals surface area contributed by atoms with E-state index in [0.29, 0.717) is 17.8 Å². The lowest BCUT2D eigenvalue weighted by atomic mass is 10.2. The topological polar surface area (TPSA) is 98.4 Å². The molecule has 4 aromatic rings. The summed E-state index contributed by atoms with van der Waals surface area (Å²) in [4.78, 5) is 17.8. The molecule has 3 heterocycles. The fourth-order valence-electron chi connectivity index (χ4n) is 3.41. The van der Waals surface area contributed by atoms with Gasteiger partial charge in [0, 0.05) is 6.20 Å². The first-order valence-electron chi connectivity index (χ1n) is 9.21. The van der Waals surface area contributed by atoms with Crippen molar-refractivity contribution in [3.05, 3.63) is 70.1 Å². The van der Waals surface area contributed by atoms with E-state index < -0.39 is 9.84 Å². The third-order valence-corrected chi connectivity index (χ3v) is 6.80. The van der Waals surface area contributed by atoms with Gasteiger partial charge in [-0.1, -0.05) is 28.7 Å². The molecule has 8 heteroatoms. The molecule has 0 saturated heterocycles. The van der Waals surface area contributed by atoms with Crippen LogP contribution in [0, 0.1) is 13.8 Å². The average molecular weight is 409 g/mol. The summed E-state index contributed by atoms with van der Waals surface area (Å²) in [5.41, 5.74) is 8.61. The number of hydrogen-bond donors (Lipinski definition) is 1. The molecule has 7 nitrogen and oxygen atoms in total. The largest absolute Gasteiger partial charge is 0.317 e. The van der Waals surface area contributed by atoms with Crippen LogP contribution in [-0.2, 0) is 16.4 Å². The minimum atomic E-state index is -3.91. The Morgan fingerprint density at radius 3 is 2.38 bits per heavy atom. The van der Waals surface area contributed by atoms with Crippen molar-refractivity contribution < 1.29 is 13.0 Å². The number of hydrogen-bond acceptors (Lipinski definition) is 5. The first kappa shape index (κ1) is 19.1. The van der Waals surface area contributed by atoms with Gasteiger partial charge < -0.3 is 5.73 Å². The second-order valence-corrected chi connectivity index (χ2v) is 8.96. The van der Waals surface area contributed by atoms with Crippen molar-refractivity contribution in [3.63, 3.8) is 0 Å². The number of rotatable bonds is 3. The van der Waals surface area contributed by atoms with Crippen LogP contribution in [0.1, 0.15) is 18.1 Å². The molecule has 3 aromatic heterocycles. The molecule has 0 bridgehead atoms. The molecule has 0 aliphatic heterocycles. The van der Waals surface area contributed by atoms with Crippen molar-refractivity contribution in [1.82, 2.24) is 9.38 Å². The molecule has 2 N–H and O–H groups in total. The van der Waals surface area contributed by atoms with E-state index in [-0.39, 0.29) is 26.6 Å². The van der Waals surface area contributed by atoms with Crippen molar-refractivity contribution >= 4 is 32.3 Å². The Balaban J connectivity index is 2.12. The quantitative estimate of drug-likeness (QED) is 0.413. The van der Waals surface area contributed by atoms with Gasteiger partial charge in [0.15, 0.2) is 0 Å². The van der Waals surface area contributed by atoms with Crippen molar-refractivity contribution in [2.45, 2.75) is 37.1 Å². The SMILES string of the molecule is CC[n+]1c(N)c(S(=O)(=O)c2ccc(C)cc2)cc2c(=O)n3cc(C)ccc3nc21. The Bertz CT molecular complexity index is 1440. The van der Waals surface area contributed by atoms with Gasteiger partial charge in [0.25, 0.3) is 11.2 Å². The van der Waals surface area contributed by atoms with E-state index in [2.05, 4.69) is 4.98 Å². The van der Waals surface area contributed by atoms with Gasteiger partial charge in [0.2, 0.25) is 21.3 Å². The van der Waals surface area contributed by atoms with Crippen LogP contribution in [0.2, 0.25) is 0 Å². The minimum Gasteiger partial charge on any atom is -0.317 e. The second kappa shape index (κ2) is 6.66. The molecule has 29 heavy (non-hydrogen) atoms. The van der Waals surface area contributed by atoms with Crippen LogP contribution in [-0.4, -0.2) is 17.8 Å². The van der Waals surface area contributed by atoms with Crippen LogP contribution in [0.5, 0.6) is 0 Å². The number of fused-ring (bicyclic) bond motifs is 2. The average Bonchev–Trinajstić information content (AvgIpc) is 2.69. The zero-order valence-corrected chi connectivity index (χ0v) is 17.2. The third-order valence-electron chi connectivity index (χ3n) is 5.00. The Kier molecular flexibility index (Phi) is 4.38. The van der Waals surface area contributed by atoms with E-state index in [0.717, 1.165) is 11.1 Å². The number of nitrogen functional groups attached to an aromatic ring is 1. The molecule has 0 radical (unpaired) electrons. The first-order chi connectivity index (χ1) is 13.7. The van der Waals surface area contributed by atoms with E-state index >= 15 is 0 Å². The lowest BCUT2D eigenvalue weighted by molar-refractivity contribution is -0.656. The van der Waals surface area contributed by atoms with Crippen LogP contribution < -0.4 is 15.9 Å². The van der Waals surface area contributed by atoms with Crippen molar-refractivity contribution in [2.24, 2.45) is 0 Å². The molecule has 0 aliphatic rings. The van der Waals surface area contributed by atoms with E-state index in [4.69, 9.17) is 5.73 Å². The molecule has 148 valence electrons. The molecule has 0 atom stereocenters. The predicted octanol–water partition coefficient (Wildman–Crippen LogP) is 2.19. The van der Waals surface area contributed by atoms with Gasteiger partial charge in [0.1, 0.15) is 10.3 Å². The molecule has 0 amide bonds. The zero-order valence-electron chi connectivity index (χ0n) is 16.4. The summed E-state index contributed by atoms with van der Waals surface area (Å²) in [5.74, 6) is 0.0592. The van der Waals surface area contributed by atoms with E-state index in [1.165, 1.54) is 10.5 Å². The molecular formula is C21H21N4O3S+. The summed E-state index contributed by atoms with van der Waals surface area (Å²) in [6, 6.07) is 11.5. The molecule has 0 unspecified atom stereocenters. The van der Waals surface area contributed by atoms with E-state index in [9.17, 15) is 13.2 Å². The Hall–Kier alpha value is -3.26. The summed E-state index contributed by atoms with van der Waals surface area (Å²) in [6.07, 6.45) is 1.69. The van der Waals surface area contributed by atoms with Crippen molar-refractivity contribution in [1.29, 1.82) is 0 Å². The van der Waals surface area contributed by atoms with Gasteiger partial charge in [-0.05, 0) is 50.6 Å². The first-order valence-corrected chi connectivity index (χ1v) is 10.7. The monoisotopic (exact) mass is 409 g/mol. The van der Waals surface area contributed by atoms with E-state index in [1.54, 1.807) is 41.1 Å². The fourth-order valence-corrected chi connectivity index (χ4v) is 4.82. The van der Waals surface area contributed by atoms with Gasteiger partial charge in [0.05, 0.1) is 11.4 Å². The van der Waals surface area contributed by atoms with Gasteiger partial charge in [-0.15, -0.1) is 0 Å². The van der Waals surface area contributed by atoms with Crippen molar-refractivity contribution in [3.8, 4) is 0 Å². The maximum absolute atomic E-state index is 13.3. The smallest absolute Gasteiger partial charge is 0.278 e. The van der Waals surface area contributed by atoms with Crippen LogP contribution in [0.4, 0.5) is 5.82 Å². The summed E-state index contributed by atoms with van der Waals surface area (Å²) >= 11 is 0. The molecule has 0 aliphatic carbocycles. The standard InChI is InChI=1S/C21H20N4O3S/c1-4-24-19(22)17(29(27,28)15-8-5-13(2)6-9-15)11-16-20(24)23-18-10-7-14(3)12-25(18)21(16)26/h5-12,22H,4H2,1-3H3/p+1.